The molecule has 11 aromatic carbocycles. The Morgan fingerprint density at radius 3 is 1.68 bits per heavy atom. The minimum absolute atomic E-state index is 0.496. The fourth-order valence-corrected chi connectivity index (χ4v) is 11.7. The fourth-order valence-electron chi connectivity index (χ4n) is 11.7. The summed E-state index contributed by atoms with van der Waals surface area (Å²) >= 11 is 0. The van der Waals surface area contributed by atoms with Crippen molar-refractivity contribution in [3.05, 3.63) is 295 Å². The zero-order valence-corrected chi connectivity index (χ0v) is 38.8. The molecule has 14 rings (SSSR count). The maximum absolute atomic E-state index is 5.50. The van der Waals surface area contributed by atoms with Crippen LogP contribution in [0.4, 0.5) is 17.1 Å². The van der Waals surface area contributed by atoms with Gasteiger partial charge in [0.15, 0.2) is 0 Å². The zero-order valence-electron chi connectivity index (χ0n) is 38.8. The molecule has 3 heteroatoms. The van der Waals surface area contributed by atoms with E-state index in [1.165, 1.54) is 60.6 Å². The molecule has 0 radical (unpaired) electrons. The van der Waals surface area contributed by atoms with Crippen molar-refractivity contribution in [3.8, 4) is 39.2 Å². The van der Waals surface area contributed by atoms with E-state index in [2.05, 4.69) is 282 Å². The number of anilines is 3. The monoisotopic (exact) mass is 903 g/mol. The van der Waals surface area contributed by atoms with Gasteiger partial charge in [0.1, 0.15) is 0 Å². The molecule has 0 spiro atoms. The topological polar surface area (TPSA) is 21.1 Å². The summed E-state index contributed by atoms with van der Waals surface area (Å²) < 4.78 is 2.38. The van der Waals surface area contributed by atoms with Crippen molar-refractivity contribution in [2.24, 2.45) is 0 Å². The number of fused-ring (bicyclic) bond motifs is 9. The average molecular weight is 904 g/mol. The smallest absolute Gasteiger partial charge is 0.0788 e. The third-order valence-electron chi connectivity index (χ3n) is 14.8. The zero-order chi connectivity index (χ0) is 46.9. The van der Waals surface area contributed by atoms with Gasteiger partial charge in [0.05, 0.1) is 27.7 Å². The first-order valence-electron chi connectivity index (χ1n) is 24.4. The molecule has 2 aromatic heterocycles. The molecule has 71 heavy (non-hydrogen) atoms. The predicted octanol–water partition coefficient (Wildman–Crippen LogP) is 17.7. The number of para-hydroxylation sites is 4. The maximum atomic E-state index is 5.50. The normalized spacial score (nSPS) is 12.6. The van der Waals surface area contributed by atoms with Gasteiger partial charge in [-0.25, -0.2) is 4.98 Å². The van der Waals surface area contributed by atoms with Crippen LogP contribution in [0.5, 0.6) is 0 Å². The molecular weight excluding hydrogens is 859 g/mol. The van der Waals surface area contributed by atoms with Crippen molar-refractivity contribution in [1.29, 1.82) is 0 Å². The molecule has 0 saturated carbocycles. The van der Waals surface area contributed by atoms with Crippen LogP contribution >= 0.6 is 0 Å². The number of pyridine rings is 1. The van der Waals surface area contributed by atoms with E-state index in [4.69, 9.17) is 4.98 Å². The Kier molecular flexibility index (Phi) is 9.43. The number of aromatic nitrogens is 2. The number of rotatable bonds is 8. The summed E-state index contributed by atoms with van der Waals surface area (Å²) in [6.07, 6.45) is 0. The summed E-state index contributed by atoms with van der Waals surface area (Å²) in [5, 5.41) is 5.96. The Bertz CT molecular complexity index is 4100. The minimum atomic E-state index is -0.496. The quantitative estimate of drug-likeness (QED) is 0.142. The summed E-state index contributed by atoms with van der Waals surface area (Å²) in [7, 11) is 0. The highest BCUT2D eigenvalue weighted by atomic mass is 15.1. The Hall–Kier alpha value is -9.31. The summed E-state index contributed by atoms with van der Waals surface area (Å²) in [6.45, 7) is 0. The van der Waals surface area contributed by atoms with Crippen molar-refractivity contribution in [1.82, 2.24) is 9.55 Å². The standard InChI is InChI=1S/C68H45N3/c1-5-22-49(23-6-1)68(50-24-7-2-8-25-50)62-33-16-13-30-55(62)60-44-61-59(45-63(60)68)56-31-14-17-34-64(56)69-67(61)48-21-19-20-47(42-48)46-36-38-53(39-37-46)70(51-26-9-3-10-27-51)54-40-41-58-57-32-15-18-35-65(57)71(66(58)43-54)52-28-11-4-12-29-52/h1-45H. The molecule has 3 nitrogen and oxygen atoms in total. The number of nitrogens with zero attached hydrogens (tertiary/aromatic N) is 3. The van der Waals surface area contributed by atoms with Crippen LogP contribution in [0.25, 0.3) is 82.7 Å². The third-order valence-corrected chi connectivity index (χ3v) is 14.8. The van der Waals surface area contributed by atoms with E-state index in [0.717, 1.165) is 61.4 Å². The maximum Gasteiger partial charge on any atom is 0.0788 e. The summed E-state index contributed by atoms with van der Waals surface area (Å²) in [4.78, 5) is 7.86. The van der Waals surface area contributed by atoms with Crippen LogP contribution in [0.1, 0.15) is 22.3 Å². The second kappa shape index (κ2) is 16.4. The van der Waals surface area contributed by atoms with Crippen LogP contribution < -0.4 is 4.90 Å². The lowest BCUT2D eigenvalue weighted by molar-refractivity contribution is 0.769. The van der Waals surface area contributed by atoms with Gasteiger partial charge in [-0.05, 0) is 129 Å². The summed E-state index contributed by atoms with van der Waals surface area (Å²) in [5.74, 6) is 0. The molecule has 0 atom stereocenters. The van der Waals surface area contributed by atoms with Gasteiger partial charge < -0.3 is 9.47 Å². The lowest BCUT2D eigenvalue weighted by atomic mass is 9.67. The van der Waals surface area contributed by atoms with Crippen molar-refractivity contribution in [2.45, 2.75) is 5.41 Å². The Labute approximate surface area is 412 Å². The molecule has 0 amide bonds. The second-order valence-electron chi connectivity index (χ2n) is 18.6. The Morgan fingerprint density at radius 2 is 0.915 bits per heavy atom. The minimum Gasteiger partial charge on any atom is -0.310 e. The van der Waals surface area contributed by atoms with E-state index in [1.807, 2.05) is 0 Å². The van der Waals surface area contributed by atoms with Crippen LogP contribution in [0.2, 0.25) is 0 Å². The number of benzene rings is 11. The molecular formula is C68H45N3. The molecule has 332 valence electrons. The van der Waals surface area contributed by atoms with Gasteiger partial charge >= 0.3 is 0 Å². The van der Waals surface area contributed by atoms with E-state index in [-0.39, 0.29) is 0 Å². The van der Waals surface area contributed by atoms with Crippen LogP contribution in [-0.4, -0.2) is 9.55 Å². The van der Waals surface area contributed by atoms with Gasteiger partial charge in [0.2, 0.25) is 0 Å². The van der Waals surface area contributed by atoms with E-state index in [9.17, 15) is 0 Å². The molecule has 0 saturated heterocycles. The second-order valence-corrected chi connectivity index (χ2v) is 18.6. The number of hydrogen-bond acceptors (Lipinski definition) is 2. The van der Waals surface area contributed by atoms with Gasteiger partial charge in [0.25, 0.3) is 0 Å². The number of hydrogen-bond donors (Lipinski definition) is 0. The van der Waals surface area contributed by atoms with Gasteiger partial charge in [-0.1, -0.05) is 194 Å². The highest BCUT2D eigenvalue weighted by Crippen LogP contribution is 2.57. The summed E-state index contributed by atoms with van der Waals surface area (Å²) in [5.41, 5.74) is 19.2. The molecule has 2 heterocycles. The molecule has 0 N–H and O–H groups in total. The highest BCUT2D eigenvalue weighted by Gasteiger charge is 2.46. The van der Waals surface area contributed by atoms with Crippen LogP contribution in [0, 0.1) is 0 Å². The average Bonchev–Trinajstić information content (AvgIpc) is 3.93. The largest absolute Gasteiger partial charge is 0.310 e. The van der Waals surface area contributed by atoms with Gasteiger partial charge in [-0.2, -0.15) is 0 Å². The van der Waals surface area contributed by atoms with E-state index in [1.54, 1.807) is 0 Å². The molecule has 13 aromatic rings. The van der Waals surface area contributed by atoms with E-state index >= 15 is 0 Å². The lowest BCUT2D eigenvalue weighted by Gasteiger charge is -2.34. The molecule has 0 unspecified atom stereocenters. The Morgan fingerprint density at radius 1 is 0.324 bits per heavy atom. The first-order valence-corrected chi connectivity index (χ1v) is 24.4. The molecule has 1 aliphatic rings. The van der Waals surface area contributed by atoms with Crippen molar-refractivity contribution < 1.29 is 0 Å². The van der Waals surface area contributed by atoms with Gasteiger partial charge in [-0.3, -0.25) is 0 Å². The fraction of sp³-hybridized carbons (Fsp3) is 0.0147. The third kappa shape index (κ3) is 6.40. The SMILES string of the molecule is c1ccc(N(c2ccc(-c3cccc(-c4nc5ccccc5c5cc6c(cc45)-c4ccccc4C6(c4ccccc4)c4ccccc4)c3)cc2)c2ccc3c4ccccc4n(-c4ccccc4)c3c2)cc1. The van der Waals surface area contributed by atoms with E-state index in [0.29, 0.717) is 0 Å². The molecule has 0 aliphatic heterocycles. The van der Waals surface area contributed by atoms with Crippen molar-refractivity contribution in [3.63, 3.8) is 0 Å². The predicted molar refractivity (Wildman–Crippen MR) is 296 cm³/mol. The van der Waals surface area contributed by atoms with Gasteiger partial charge in [0, 0.05) is 49.9 Å². The van der Waals surface area contributed by atoms with Crippen molar-refractivity contribution >= 4 is 60.5 Å². The molecule has 0 fully saturated rings. The van der Waals surface area contributed by atoms with Crippen LogP contribution in [-0.2, 0) is 5.41 Å². The summed E-state index contributed by atoms with van der Waals surface area (Å²) in [6, 6.07) is 99.5. The first kappa shape index (κ1) is 40.7. The molecule has 0 bridgehead atoms. The highest BCUT2D eigenvalue weighted by molar-refractivity contribution is 6.14. The van der Waals surface area contributed by atoms with Crippen LogP contribution in [0.3, 0.4) is 0 Å². The lowest BCUT2D eigenvalue weighted by Crippen LogP contribution is -2.28. The molecule has 1 aliphatic carbocycles. The first-order chi connectivity index (χ1) is 35.2. The Balaban J connectivity index is 0.900. The van der Waals surface area contributed by atoms with Crippen LogP contribution in [0.15, 0.2) is 273 Å². The van der Waals surface area contributed by atoms with E-state index < -0.39 is 5.41 Å². The van der Waals surface area contributed by atoms with Crippen molar-refractivity contribution in [2.75, 3.05) is 4.90 Å². The van der Waals surface area contributed by atoms with Gasteiger partial charge in [-0.15, -0.1) is 0 Å².